The molecule has 0 radical (unpaired) electrons. The summed E-state index contributed by atoms with van der Waals surface area (Å²) >= 11 is 0. The zero-order chi connectivity index (χ0) is 19.5. The summed E-state index contributed by atoms with van der Waals surface area (Å²) < 4.78 is 13.2. The van der Waals surface area contributed by atoms with E-state index in [1.54, 1.807) is 10.8 Å². The van der Waals surface area contributed by atoms with Crippen LogP contribution in [-0.2, 0) is 17.9 Å². The van der Waals surface area contributed by atoms with E-state index in [1.165, 1.54) is 0 Å². The molecule has 0 saturated carbocycles. The van der Waals surface area contributed by atoms with Gasteiger partial charge in [-0.05, 0) is 36.2 Å². The second kappa shape index (κ2) is 7.76. The van der Waals surface area contributed by atoms with Crippen molar-refractivity contribution in [2.75, 3.05) is 13.2 Å². The molecule has 6 nitrogen and oxygen atoms in total. The number of aldehydes is 1. The highest BCUT2D eigenvalue weighted by atomic mass is 16.5. The summed E-state index contributed by atoms with van der Waals surface area (Å²) in [7, 11) is 0. The zero-order valence-corrected chi connectivity index (χ0v) is 15.7. The molecule has 6 heteroatoms. The summed E-state index contributed by atoms with van der Waals surface area (Å²) in [6.07, 6.45) is 3.39. The summed E-state index contributed by atoms with van der Waals surface area (Å²) in [6, 6.07) is 11.5. The van der Waals surface area contributed by atoms with Crippen LogP contribution in [0.15, 0.2) is 42.6 Å². The van der Waals surface area contributed by atoms with E-state index in [4.69, 9.17) is 9.47 Å². The molecule has 0 spiro atoms. The molecule has 28 heavy (non-hydrogen) atoms. The van der Waals surface area contributed by atoms with E-state index in [1.807, 2.05) is 43.3 Å². The van der Waals surface area contributed by atoms with Gasteiger partial charge in [0.25, 0.3) is 0 Å². The first kappa shape index (κ1) is 18.1. The van der Waals surface area contributed by atoms with Gasteiger partial charge in [-0.1, -0.05) is 18.2 Å². The van der Waals surface area contributed by atoms with Crippen molar-refractivity contribution in [1.29, 1.82) is 0 Å². The third-order valence-electron chi connectivity index (χ3n) is 4.94. The van der Waals surface area contributed by atoms with Gasteiger partial charge in [0.2, 0.25) is 5.91 Å². The predicted octanol–water partition coefficient (Wildman–Crippen LogP) is 3.24. The molecule has 2 heterocycles. The Bertz CT molecular complexity index is 1040. The maximum Gasteiger partial charge on any atom is 0.240 e. The Morgan fingerprint density at radius 1 is 1.18 bits per heavy atom. The van der Waals surface area contributed by atoms with Gasteiger partial charge in [0.05, 0.1) is 13.2 Å². The van der Waals surface area contributed by atoms with Crippen molar-refractivity contribution in [2.45, 2.75) is 26.4 Å². The number of para-hydroxylation sites is 1. The first-order chi connectivity index (χ1) is 13.7. The minimum atomic E-state index is -0.121. The van der Waals surface area contributed by atoms with Crippen LogP contribution in [0.2, 0.25) is 0 Å². The van der Waals surface area contributed by atoms with Gasteiger partial charge in [0, 0.05) is 35.6 Å². The number of aromatic nitrogens is 1. The van der Waals surface area contributed by atoms with Crippen molar-refractivity contribution in [3.05, 3.63) is 59.3 Å². The number of amides is 1. The number of carbonyl (C=O) groups is 2. The Morgan fingerprint density at radius 3 is 2.71 bits per heavy atom. The summed E-state index contributed by atoms with van der Waals surface area (Å²) in [4.78, 5) is 23.8. The molecule has 1 aliphatic heterocycles. The maximum atomic E-state index is 12.5. The third kappa shape index (κ3) is 3.58. The molecule has 144 valence electrons. The third-order valence-corrected chi connectivity index (χ3v) is 4.94. The minimum absolute atomic E-state index is 0.121. The smallest absolute Gasteiger partial charge is 0.240 e. The van der Waals surface area contributed by atoms with Crippen LogP contribution in [-0.4, -0.2) is 30.0 Å². The lowest BCUT2D eigenvalue weighted by molar-refractivity contribution is -0.121. The standard InChI is InChI=1S/C22H22N2O4/c1-15-9-20-21(28-8-4-7-27-20)10-16(15)11-23-22(26)13-24-12-17(14-25)18-5-2-3-6-19(18)24/h2-3,5-6,9-10,12,14H,4,7-8,11,13H2,1H3,(H,23,26). The summed E-state index contributed by atoms with van der Waals surface area (Å²) in [5.41, 5.74) is 3.48. The van der Waals surface area contributed by atoms with Crippen LogP contribution in [0.5, 0.6) is 11.5 Å². The van der Waals surface area contributed by atoms with E-state index in [0.717, 1.165) is 46.2 Å². The average Bonchev–Trinajstić information content (AvgIpc) is 2.89. The van der Waals surface area contributed by atoms with E-state index in [2.05, 4.69) is 5.32 Å². The Kier molecular flexibility index (Phi) is 5.02. The molecule has 1 amide bonds. The number of rotatable bonds is 5. The van der Waals surface area contributed by atoms with Crippen LogP contribution < -0.4 is 14.8 Å². The van der Waals surface area contributed by atoms with Gasteiger partial charge in [-0.3, -0.25) is 9.59 Å². The second-order valence-corrected chi connectivity index (χ2v) is 6.90. The van der Waals surface area contributed by atoms with E-state index in [0.29, 0.717) is 25.3 Å². The number of carbonyl (C=O) groups excluding carboxylic acids is 2. The van der Waals surface area contributed by atoms with Gasteiger partial charge in [0.15, 0.2) is 17.8 Å². The number of aryl methyl sites for hydroxylation is 1. The highest BCUT2D eigenvalue weighted by Crippen LogP contribution is 2.32. The number of hydrogen-bond acceptors (Lipinski definition) is 4. The Balaban J connectivity index is 1.47. The lowest BCUT2D eigenvalue weighted by atomic mass is 10.1. The number of nitrogens with zero attached hydrogens (tertiary/aromatic N) is 1. The van der Waals surface area contributed by atoms with E-state index >= 15 is 0 Å². The van der Waals surface area contributed by atoms with Gasteiger partial charge in [-0.25, -0.2) is 0 Å². The lowest BCUT2D eigenvalue weighted by Gasteiger charge is -2.13. The molecule has 1 aliphatic rings. The lowest BCUT2D eigenvalue weighted by Crippen LogP contribution is -2.27. The fourth-order valence-corrected chi connectivity index (χ4v) is 3.45. The molecule has 1 aromatic heterocycles. The van der Waals surface area contributed by atoms with Crippen LogP contribution in [0.3, 0.4) is 0 Å². The topological polar surface area (TPSA) is 69.6 Å². The average molecular weight is 378 g/mol. The molecule has 1 N–H and O–H groups in total. The van der Waals surface area contributed by atoms with Crippen LogP contribution in [0.4, 0.5) is 0 Å². The van der Waals surface area contributed by atoms with Crippen molar-refractivity contribution in [3.63, 3.8) is 0 Å². The Morgan fingerprint density at radius 2 is 1.93 bits per heavy atom. The predicted molar refractivity (Wildman–Crippen MR) is 106 cm³/mol. The molecular weight excluding hydrogens is 356 g/mol. The number of benzene rings is 2. The minimum Gasteiger partial charge on any atom is -0.490 e. The molecule has 3 aromatic rings. The number of hydrogen-bond donors (Lipinski definition) is 1. The van der Waals surface area contributed by atoms with Crippen LogP contribution in [0.1, 0.15) is 27.9 Å². The fraction of sp³-hybridized carbons (Fsp3) is 0.273. The largest absolute Gasteiger partial charge is 0.490 e. The van der Waals surface area contributed by atoms with E-state index in [-0.39, 0.29) is 12.5 Å². The quantitative estimate of drug-likeness (QED) is 0.692. The summed E-state index contributed by atoms with van der Waals surface area (Å²) in [5, 5.41) is 3.81. The van der Waals surface area contributed by atoms with Gasteiger partial charge < -0.3 is 19.4 Å². The number of nitrogens with one attached hydrogen (secondary N) is 1. The molecule has 2 aromatic carbocycles. The van der Waals surface area contributed by atoms with Crippen molar-refractivity contribution in [2.24, 2.45) is 0 Å². The van der Waals surface area contributed by atoms with Gasteiger partial charge in [0.1, 0.15) is 6.54 Å². The number of fused-ring (bicyclic) bond motifs is 2. The molecule has 0 unspecified atom stereocenters. The molecule has 0 atom stereocenters. The Hall–Kier alpha value is -3.28. The molecule has 0 saturated heterocycles. The molecule has 0 fully saturated rings. The van der Waals surface area contributed by atoms with Gasteiger partial charge in [-0.15, -0.1) is 0 Å². The molecule has 0 bridgehead atoms. The summed E-state index contributed by atoms with van der Waals surface area (Å²) in [5.74, 6) is 1.36. The van der Waals surface area contributed by atoms with Crippen molar-refractivity contribution in [3.8, 4) is 11.5 Å². The highest BCUT2D eigenvalue weighted by Gasteiger charge is 2.14. The SMILES string of the molecule is Cc1cc2c(cc1CNC(=O)Cn1cc(C=O)c3ccccc31)OCCCO2. The normalized spacial score (nSPS) is 13.2. The number of ether oxygens (including phenoxy) is 2. The molecular formula is C22H22N2O4. The van der Waals surface area contributed by atoms with E-state index in [9.17, 15) is 9.59 Å². The van der Waals surface area contributed by atoms with Crippen molar-refractivity contribution in [1.82, 2.24) is 9.88 Å². The highest BCUT2D eigenvalue weighted by molar-refractivity contribution is 5.98. The van der Waals surface area contributed by atoms with Crippen molar-refractivity contribution < 1.29 is 19.1 Å². The van der Waals surface area contributed by atoms with Gasteiger partial charge >= 0.3 is 0 Å². The van der Waals surface area contributed by atoms with Crippen molar-refractivity contribution >= 4 is 23.1 Å². The summed E-state index contributed by atoms with van der Waals surface area (Å²) in [6.45, 7) is 3.82. The van der Waals surface area contributed by atoms with Crippen LogP contribution in [0, 0.1) is 6.92 Å². The van der Waals surface area contributed by atoms with E-state index < -0.39 is 0 Å². The maximum absolute atomic E-state index is 12.5. The first-order valence-corrected chi connectivity index (χ1v) is 9.34. The molecule has 0 aliphatic carbocycles. The van der Waals surface area contributed by atoms with Gasteiger partial charge in [-0.2, -0.15) is 0 Å². The Labute approximate surface area is 163 Å². The van der Waals surface area contributed by atoms with Crippen LogP contribution in [0.25, 0.3) is 10.9 Å². The first-order valence-electron chi connectivity index (χ1n) is 9.34. The second-order valence-electron chi connectivity index (χ2n) is 6.90. The fourth-order valence-electron chi connectivity index (χ4n) is 3.45. The molecule has 4 rings (SSSR count). The van der Waals surface area contributed by atoms with Crippen LogP contribution >= 0.6 is 0 Å². The zero-order valence-electron chi connectivity index (χ0n) is 15.7. The monoisotopic (exact) mass is 378 g/mol.